The van der Waals surface area contributed by atoms with E-state index in [9.17, 15) is 4.39 Å². The first-order valence-electron chi connectivity index (χ1n) is 6.28. The number of halogens is 1. The van der Waals surface area contributed by atoms with E-state index in [0.717, 1.165) is 10.9 Å². The molecule has 2 rings (SSSR count). The number of aryl methyl sites for hydroxylation is 1. The number of likely N-dealkylation sites (N-methyl/N-ethyl adjacent to an activating group) is 1. The molecule has 0 aliphatic heterocycles. The molecule has 5 heteroatoms. The molecular weight excluding hydrogens is 255 g/mol. The van der Waals surface area contributed by atoms with Crippen LogP contribution in [0.2, 0.25) is 0 Å². The monoisotopic (exact) mass is 272 g/mol. The first-order chi connectivity index (χ1) is 9.56. The summed E-state index contributed by atoms with van der Waals surface area (Å²) in [5, 5.41) is 10.7. The van der Waals surface area contributed by atoms with Crippen molar-refractivity contribution in [3.8, 4) is 0 Å². The molecule has 4 nitrogen and oxygen atoms in total. The Balaban J connectivity index is 2.46. The molecule has 0 bridgehead atoms. The van der Waals surface area contributed by atoms with Gasteiger partial charge in [-0.15, -0.1) is 0 Å². The van der Waals surface area contributed by atoms with E-state index in [0.29, 0.717) is 22.6 Å². The van der Waals surface area contributed by atoms with Crippen LogP contribution >= 0.6 is 0 Å². The Morgan fingerprint density at radius 1 is 1.50 bits per heavy atom. The Labute approximate surface area is 117 Å². The number of allylic oxidation sites excluding steroid dienone is 4. The highest BCUT2D eigenvalue weighted by molar-refractivity contribution is 5.90. The molecule has 0 fully saturated rings. The van der Waals surface area contributed by atoms with Gasteiger partial charge in [-0.1, -0.05) is 6.58 Å². The minimum atomic E-state index is -0.331. The first kappa shape index (κ1) is 14.0. The average molecular weight is 272 g/mol. The highest BCUT2D eigenvalue weighted by atomic mass is 19.1. The van der Waals surface area contributed by atoms with Crippen LogP contribution < -0.4 is 5.32 Å². The molecule has 0 saturated carbocycles. The Morgan fingerprint density at radius 2 is 2.25 bits per heavy atom. The standard InChI is InChI=1S/C15H17FN4/c1-5-12(16)13(17-4)7-10(3)14-11-6-9(2)8-18-15(11)20-19-14/h5-8,17H,3H2,1-2,4H3,(H,18,19,20)/b12-5+,13-7+. The summed E-state index contributed by atoms with van der Waals surface area (Å²) in [5.41, 5.74) is 3.38. The van der Waals surface area contributed by atoms with Gasteiger partial charge < -0.3 is 5.32 Å². The smallest absolute Gasteiger partial charge is 0.155 e. The molecule has 0 spiro atoms. The molecule has 2 aromatic heterocycles. The zero-order chi connectivity index (χ0) is 14.7. The number of hydrogen-bond donors (Lipinski definition) is 2. The molecule has 0 saturated heterocycles. The molecule has 104 valence electrons. The van der Waals surface area contributed by atoms with Crippen LogP contribution in [0.25, 0.3) is 16.6 Å². The Kier molecular flexibility index (Phi) is 3.98. The second-order valence-corrected chi connectivity index (χ2v) is 4.45. The van der Waals surface area contributed by atoms with Crippen molar-refractivity contribution in [2.75, 3.05) is 7.05 Å². The zero-order valence-electron chi connectivity index (χ0n) is 11.8. The van der Waals surface area contributed by atoms with Crippen molar-refractivity contribution in [3.63, 3.8) is 0 Å². The third-order valence-electron chi connectivity index (χ3n) is 2.96. The number of H-pyrrole nitrogens is 1. The summed E-state index contributed by atoms with van der Waals surface area (Å²) < 4.78 is 13.6. The third kappa shape index (κ3) is 2.61. The molecule has 20 heavy (non-hydrogen) atoms. The van der Waals surface area contributed by atoms with E-state index < -0.39 is 0 Å². The van der Waals surface area contributed by atoms with Gasteiger partial charge in [0.15, 0.2) is 5.65 Å². The number of hydrogen-bond acceptors (Lipinski definition) is 3. The third-order valence-corrected chi connectivity index (χ3v) is 2.96. The van der Waals surface area contributed by atoms with Gasteiger partial charge >= 0.3 is 0 Å². The van der Waals surface area contributed by atoms with Gasteiger partial charge in [0.25, 0.3) is 0 Å². The minimum Gasteiger partial charge on any atom is -0.386 e. The lowest BCUT2D eigenvalue weighted by Gasteiger charge is -2.05. The minimum absolute atomic E-state index is 0.331. The van der Waals surface area contributed by atoms with E-state index >= 15 is 0 Å². The van der Waals surface area contributed by atoms with Gasteiger partial charge in [-0.05, 0) is 43.2 Å². The van der Waals surface area contributed by atoms with Gasteiger partial charge in [0.1, 0.15) is 11.5 Å². The number of aromatic nitrogens is 3. The molecule has 0 amide bonds. The van der Waals surface area contributed by atoms with Crippen LogP contribution in [0.4, 0.5) is 4.39 Å². The maximum absolute atomic E-state index is 13.6. The highest BCUT2D eigenvalue weighted by Crippen LogP contribution is 2.23. The fraction of sp³-hybridized carbons (Fsp3) is 0.200. The molecule has 0 aliphatic carbocycles. The fourth-order valence-corrected chi connectivity index (χ4v) is 1.91. The topological polar surface area (TPSA) is 53.6 Å². The van der Waals surface area contributed by atoms with Gasteiger partial charge in [0.2, 0.25) is 0 Å². The van der Waals surface area contributed by atoms with Crippen molar-refractivity contribution < 1.29 is 4.39 Å². The van der Waals surface area contributed by atoms with Crippen molar-refractivity contribution in [1.82, 2.24) is 20.5 Å². The molecule has 0 aliphatic rings. The first-order valence-corrected chi connectivity index (χ1v) is 6.28. The SMILES string of the molecule is C=C(/C=C(NC)\C(F)=C/C)c1n[nH]c2ncc(C)cc12. The summed E-state index contributed by atoms with van der Waals surface area (Å²) in [6, 6.07) is 1.98. The van der Waals surface area contributed by atoms with Crippen molar-refractivity contribution in [3.05, 3.63) is 53.8 Å². The summed E-state index contributed by atoms with van der Waals surface area (Å²) in [6.07, 6.45) is 4.79. The molecule has 2 N–H and O–H groups in total. The quantitative estimate of drug-likeness (QED) is 0.840. The van der Waals surface area contributed by atoms with Crippen LogP contribution in [0.15, 0.2) is 42.5 Å². The summed E-state index contributed by atoms with van der Waals surface area (Å²) >= 11 is 0. The Bertz CT molecular complexity index is 710. The maximum atomic E-state index is 13.6. The van der Waals surface area contributed by atoms with Crippen LogP contribution in [-0.2, 0) is 0 Å². The van der Waals surface area contributed by atoms with E-state index in [-0.39, 0.29) is 5.83 Å². The van der Waals surface area contributed by atoms with Crippen molar-refractivity contribution >= 4 is 16.6 Å². The Hall–Kier alpha value is -2.43. The van der Waals surface area contributed by atoms with Crippen LogP contribution in [-0.4, -0.2) is 22.2 Å². The van der Waals surface area contributed by atoms with Gasteiger partial charge in [-0.3, -0.25) is 5.10 Å². The van der Waals surface area contributed by atoms with E-state index in [4.69, 9.17) is 0 Å². The number of fused-ring (bicyclic) bond motifs is 1. The predicted molar refractivity (Wildman–Crippen MR) is 79.7 cm³/mol. The second kappa shape index (κ2) is 5.69. The van der Waals surface area contributed by atoms with Crippen LogP contribution in [0, 0.1) is 6.92 Å². The Morgan fingerprint density at radius 3 is 2.90 bits per heavy atom. The van der Waals surface area contributed by atoms with E-state index in [1.807, 2.05) is 13.0 Å². The van der Waals surface area contributed by atoms with Crippen LogP contribution in [0.3, 0.4) is 0 Å². The number of aromatic amines is 1. The van der Waals surface area contributed by atoms with Crippen LogP contribution in [0.5, 0.6) is 0 Å². The van der Waals surface area contributed by atoms with Gasteiger partial charge in [-0.25, -0.2) is 9.37 Å². The lowest BCUT2D eigenvalue weighted by Crippen LogP contribution is -2.06. The van der Waals surface area contributed by atoms with Gasteiger partial charge in [-0.2, -0.15) is 5.10 Å². The van der Waals surface area contributed by atoms with Gasteiger partial charge in [0, 0.05) is 18.6 Å². The van der Waals surface area contributed by atoms with Crippen molar-refractivity contribution in [2.45, 2.75) is 13.8 Å². The van der Waals surface area contributed by atoms with Gasteiger partial charge in [0.05, 0.1) is 5.70 Å². The lowest BCUT2D eigenvalue weighted by atomic mass is 10.1. The number of pyridine rings is 1. The highest BCUT2D eigenvalue weighted by Gasteiger charge is 2.10. The van der Waals surface area contributed by atoms with E-state index in [1.54, 1.807) is 26.2 Å². The molecule has 0 unspecified atom stereocenters. The zero-order valence-corrected chi connectivity index (χ0v) is 11.8. The summed E-state index contributed by atoms with van der Waals surface area (Å²) in [7, 11) is 1.66. The second-order valence-electron chi connectivity index (χ2n) is 4.45. The number of rotatable bonds is 4. The molecule has 2 aromatic rings. The summed E-state index contributed by atoms with van der Waals surface area (Å²) in [4.78, 5) is 4.25. The molecular formula is C15H17FN4. The predicted octanol–water partition coefficient (Wildman–Crippen LogP) is 3.26. The van der Waals surface area contributed by atoms with Crippen molar-refractivity contribution in [2.24, 2.45) is 0 Å². The fourth-order valence-electron chi connectivity index (χ4n) is 1.91. The molecule has 0 atom stereocenters. The summed E-state index contributed by atoms with van der Waals surface area (Å²) in [6.45, 7) is 7.56. The van der Waals surface area contributed by atoms with E-state index in [2.05, 4.69) is 27.1 Å². The number of nitrogens with one attached hydrogen (secondary N) is 2. The molecule has 0 aromatic carbocycles. The maximum Gasteiger partial charge on any atom is 0.155 e. The van der Waals surface area contributed by atoms with Crippen molar-refractivity contribution in [1.29, 1.82) is 0 Å². The normalized spacial score (nSPS) is 12.8. The molecule has 2 heterocycles. The summed E-state index contributed by atoms with van der Waals surface area (Å²) in [5.74, 6) is -0.331. The van der Waals surface area contributed by atoms with Crippen LogP contribution in [0.1, 0.15) is 18.2 Å². The average Bonchev–Trinajstić information content (AvgIpc) is 2.86. The molecule has 0 radical (unpaired) electrons. The van der Waals surface area contributed by atoms with E-state index in [1.165, 1.54) is 6.08 Å². The number of nitrogens with zero attached hydrogens (tertiary/aromatic N) is 2. The largest absolute Gasteiger partial charge is 0.386 e. The lowest BCUT2D eigenvalue weighted by molar-refractivity contribution is 0.632.